The number of rotatable bonds is 6. The van der Waals surface area contributed by atoms with E-state index in [1.165, 1.54) is 54.9 Å². The predicted octanol–water partition coefficient (Wildman–Crippen LogP) is 2.45. The van der Waals surface area contributed by atoms with Crippen LogP contribution in [0.15, 0.2) is 47.4 Å². The van der Waals surface area contributed by atoms with Crippen molar-refractivity contribution >= 4 is 21.8 Å². The minimum absolute atomic E-state index is 0.134. The molecule has 0 aliphatic carbocycles. The maximum absolute atomic E-state index is 13.0. The third-order valence-corrected chi connectivity index (χ3v) is 7.37. The predicted molar refractivity (Wildman–Crippen MR) is 123 cm³/mol. The van der Waals surface area contributed by atoms with Gasteiger partial charge in [-0.1, -0.05) is 13.8 Å². The summed E-state index contributed by atoms with van der Waals surface area (Å²) in [6.07, 6.45) is 1.00. The summed E-state index contributed by atoms with van der Waals surface area (Å²) >= 11 is 0. The van der Waals surface area contributed by atoms with Gasteiger partial charge in [-0.15, -0.1) is 0 Å². The van der Waals surface area contributed by atoms with Gasteiger partial charge >= 0.3 is 0 Å². The van der Waals surface area contributed by atoms with Crippen molar-refractivity contribution in [1.82, 2.24) is 15.2 Å². The van der Waals surface area contributed by atoms with Crippen molar-refractivity contribution in [2.24, 2.45) is 11.8 Å². The van der Waals surface area contributed by atoms with Gasteiger partial charge in [0.15, 0.2) is 11.5 Å². The van der Waals surface area contributed by atoms with Crippen LogP contribution in [0.1, 0.15) is 41.0 Å². The SMILES string of the molecule is COc1ccc(C(=O)NNC(=O)c2ccc(S(=O)(=O)N3CC(C)CC(C)C3)cc2)cc1OC. The number of methoxy groups -OCH3 is 2. The molecule has 1 saturated heterocycles. The second-order valence-electron chi connectivity index (χ2n) is 8.27. The lowest BCUT2D eigenvalue weighted by Crippen LogP contribution is -2.42. The third kappa shape index (κ3) is 5.63. The molecule has 2 amide bonds. The van der Waals surface area contributed by atoms with E-state index in [-0.39, 0.29) is 16.0 Å². The molecule has 2 aromatic carbocycles. The third-order valence-electron chi connectivity index (χ3n) is 5.52. The topological polar surface area (TPSA) is 114 Å². The van der Waals surface area contributed by atoms with E-state index >= 15 is 0 Å². The van der Waals surface area contributed by atoms with Crippen LogP contribution >= 0.6 is 0 Å². The Morgan fingerprint density at radius 3 is 1.91 bits per heavy atom. The molecule has 2 unspecified atom stereocenters. The number of carbonyl (C=O) groups excluding carboxylic acids is 2. The second-order valence-corrected chi connectivity index (χ2v) is 10.2. The Hall–Kier alpha value is -3.11. The summed E-state index contributed by atoms with van der Waals surface area (Å²) in [5, 5.41) is 0. The lowest BCUT2D eigenvalue weighted by molar-refractivity contribution is 0.0846. The number of nitrogens with zero attached hydrogens (tertiary/aromatic N) is 1. The maximum atomic E-state index is 13.0. The molecule has 0 aromatic heterocycles. The summed E-state index contributed by atoms with van der Waals surface area (Å²) < 4.78 is 37.8. The van der Waals surface area contributed by atoms with Crippen LogP contribution < -0.4 is 20.3 Å². The highest BCUT2D eigenvalue weighted by Gasteiger charge is 2.31. The second kappa shape index (κ2) is 10.2. The van der Waals surface area contributed by atoms with E-state index in [1.54, 1.807) is 6.07 Å². The quantitative estimate of drug-likeness (QED) is 0.621. The molecule has 0 bridgehead atoms. The lowest BCUT2D eigenvalue weighted by Gasteiger charge is -2.34. The number of ether oxygens (including phenoxy) is 2. The van der Waals surface area contributed by atoms with Gasteiger partial charge in [0.05, 0.1) is 19.1 Å². The molecular weight excluding hydrogens is 446 g/mol. The number of sulfonamides is 1. The number of benzene rings is 2. The Morgan fingerprint density at radius 1 is 0.848 bits per heavy atom. The van der Waals surface area contributed by atoms with Gasteiger partial charge in [0.2, 0.25) is 10.0 Å². The van der Waals surface area contributed by atoms with Crippen molar-refractivity contribution in [3.05, 3.63) is 53.6 Å². The number of piperidine rings is 1. The molecule has 33 heavy (non-hydrogen) atoms. The fourth-order valence-electron chi connectivity index (χ4n) is 3.96. The van der Waals surface area contributed by atoms with E-state index in [0.717, 1.165) is 6.42 Å². The molecule has 0 spiro atoms. The fourth-order valence-corrected chi connectivity index (χ4v) is 5.64. The Labute approximate surface area is 194 Å². The number of nitrogens with one attached hydrogen (secondary N) is 2. The van der Waals surface area contributed by atoms with Gasteiger partial charge in [-0.2, -0.15) is 4.31 Å². The zero-order chi connectivity index (χ0) is 24.2. The Morgan fingerprint density at radius 2 is 1.36 bits per heavy atom. The van der Waals surface area contributed by atoms with Crippen molar-refractivity contribution in [1.29, 1.82) is 0 Å². The van der Waals surface area contributed by atoms with E-state index in [4.69, 9.17) is 9.47 Å². The van der Waals surface area contributed by atoms with Gasteiger partial charge in [-0.3, -0.25) is 20.4 Å². The van der Waals surface area contributed by atoms with Crippen molar-refractivity contribution < 1.29 is 27.5 Å². The molecule has 2 atom stereocenters. The van der Waals surface area contributed by atoms with E-state index in [1.807, 2.05) is 13.8 Å². The van der Waals surface area contributed by atoms with Crippen molar-refractivity contribution in [2.45, 2.75) is 25.2 Å². The van der Waals surface area contributed by atoms with Crippen LogP contribution in [0.3, 0.4) is 0 Å². The zero-order valence-electron chi connectivity index (χ0n) is 19.1. The van der Waals surface area contributed by atoms with Crippen LogP contribution in [0, 0.1) is 11.8 Å². The molecule has 2 N–H and O–H groups in total. The molecular formula is C23H29N3O6S. The van der Waals surface area contributed by atoms with E-state index in [9.17, 15) is 18.0 Å². The van der Waals surface area contributed by atoms with Crippen LogP contribution in [-0.2, 0) is 10.0 Å². The summed E-state index contributed by atoms with van der Waals surface area (Å²) in [7, 11) is -0.691. The molecule has 1 aliphatic rings. The van der Waals surface area contributed by atoms with Crippen molar-refractivity contribution in [3.63, 3.8) is 0 Å². The van der Waals surface area contributed by atoms with Crippen LogP contribution in [-0.4, -0.2) is 51.8 Å². The average Bonchev–Trinajstić information content (AvgIpc) is 2.81. The number of carbonyl (C=O) groups is 2. The summed E-state index contributed by atoms with van der Waals surface area (Å²) in [5.74, 6) is 0.322. The first-order chi connectivity index (χ1) is 15.6. The monoisotopic (exact) mass is 475 g/mol. The summed E-state index contributed by atoms with van der Waals surface area (Å²) in [5.41, 5.74) is 5.13. The van der Waals surface area contributed by atoms with Gasteiger partial charge in [-0.25, -0.2) is 8.42 Å². The smallest absolute Gasteiger partial charge is 0.269 e. The number of hydrogen-bond donors (Lipinski definition) is 2. The molecule has 0 saturated carbocycles. The molecule has 1 aliphatic heterocycles. The van der Waals surface area contributed by atoms with Crippen LogP contribution in [0.25, 0.3) is 0 Å². The molecule has 3 rings (SSSR count). The van der Waals surface area contributed by atoms with Gasteiger partial charge in [0.25, 0.3) is 11.8 Å². The molecule has 1 fully saturated rings. The molecule has 9 nitrogen and oxygen atoms in total. The highest BCUT2D eigenvalue weighted by atomic mass is 32.2. The number of hydrazine groups is 1. The van der Waals surface area contributed by atoms with E-state index in [0.29, 0.717) is 36.4 Å². The lowest BCUT2D eigenvalue weighted by atomic mass is 9.94. The minimum atomic E-state index is -3.63. The van der Waals surface area contributed by atoms with Gasteiger partial charge in [-0.05, 0) is 60.7 Å². The van der Waals surface area contributed by atoms with Crippen molar-refractivity contribution in [3.8, 4) is 11.5 Å². The van der Waals surface area contributed by atoms with Crippen LogP contribution in [0.5, 0.6) is 11.5 Å². The largest absolute Gasteiger partial charge is 0.493 e. The minimum Gasteiger partial charge on any atom is -0.493 e. The van der Waals surface area contributed by atoms with Gasteiger partial charge in [0, 0.05) is 24.2 Å². The highest BCUT2D eigenvalue weighted by molar-refractivity contribution is 7.89. The fraction of sp³-hybridized carbons (Fsp3) is 0.391. The molecule has 1 heterocycles. The van der Waals surface area contributed by atoms with E-state index < -0.39 is 21.8 Å². The average molecular weight is 476 g/mol. The zero-order valence-corrected chi connectivity index (χ0v) is 19.9. The Bertz CT molecular complexity index is 1110. The Balaban J connectivity index is 1.64. The molecule has 0 radical (unpaired) electrons. The van der Waals surface area contributed by atoms with Crippen LogP contribution in [0.4, 0.5) is 0 Å². The maximum Gasteiger partial charge on any atom is 0.269 e. The standard InChI is InChI=1S/C23H29N3O6S/c1-15-11-16(2)14-26(13-15)33(29,30)19-8-5-17(6-9-19)22(27)24-25-23(28)18-7-10-20(31-3)21(12-18)32-4/h5-10,12,15-16H,11,13-14H2,1-4H3,(H,24,27)(H,25,28). The summed E-state index contributed by atoms with van der Waals surface area (Å²) in [6, 6.07) is 10.3. The number of amides is 2. The Kier molecular flexibility index (Phi) is 7.60. The summed E-state index contributed by atoms with van der Waals surface area (Å²) in [6.45, 7) is 5.05. The first-order valence-corrected chi connectivity index (χ1v) is 12.0. The van der Waals surface area contributed by atoms with Gasteiger partial charge in [0.1, 0.15) is 0 Å². The first-order valence-electron chi connectivity index (χ1n) is 10.6. The number of hydrogen-bond acceptors (Lipinski definition) is 6. The van der Waals surface area contributed by atoms with Gasteiger partial charge < -0.3 is 9.47 Å². The highest BCUT2D eigenvalue weighted by Crippen LogP contribution is 2.28. The molecule has 2 aromatic rings. The molecule has 10 heteroatoms. The van der Waals surface area contributed by atoms with Crippen molar-refractivity contribution in [2.75, 3.05) is 27.3 Å². The summed E-state index contributed by atoms with van der Waals surface area (Å²) in [4.78, 5) is 24.9. The molecule has 178 valence electrons. The normalized spacial score (nSPS) is 18.9. The van der Waals surface area contributed by atoms with E-state index in [2.05, 4.69) is 10.9 Å². The van der Waals surface area contributed by atoms with Crippen LogP contribution in [0.2, 0.25) is 0 Å². The first kappa shape index (κ1) is 24.5.